The van der Waals surface area contributed by atoms with Crippen LogP contribution in [-0.4, -0.2) is 0 Å². The summed E-state index contributed by atoms with van der Waals surface area (Å²) in [6, 6.07) is 17.7. The van der Waals surface area contributed by atoms with Gasteiger partial charge in [-0.05, 0) is 46.0 Å². The van der Waals surface area contributed by atoms with Crippen molar-refractivity contribution >= 4 is 27.6 Å². The Hall–Kier alpha value is -2.08. The van der Waals surface area contributed by atoms with Crippen molar-refractivity contribution in [3.8, 4) is 0 Å². The highest BCUT2D eigenvalue weighted by Gasteiger charge is 2.12. The van der Waals surface area contributed by atoms with Gasteiger partial charge in [0.2, 0.25) is 0 Å². The smallest absolute Gasteiger partial charge is 0.00300 e. The van der Waals surface area contributed by atoms with Gasteiger partial charge in [-0.1, -0.05) is 60.2 Å². The Labute approximate surface area is 107 Å². The average Bonchev–Trinajstić information content (AvgIpc) is 2.53. The van der Waals surface area contributed by atoms with Crippen LogP contribution in [0.4, 0.5) is 0 Å². The molecule has 0 fully saturated rings. The van der Waals surface area contributed by atoms with Crippen LogP contribution in [0.2, 0.25) is 0 Å². The van der Waals surface area contributed by atoms with E-state index in [2.05, 4.69) is 61.5 Å². The van der Waals surface area contributed by atoms with Crippen LogP contribution in [0.1, 0.15) is 18.1 Å². The van der Waals surface area contributed by atoms with Crippen molar-refractivity contribution in [1.29, 1.82) is 0 Å². The first-order valence-electron chi connectivity index (χ1n) is 6.43. The van der Waals surface area contributed by atoms with Gasteiger partial charge in [-0.2, -0.15) is 0 Å². The van der Waals surface area contributed by atoms with Crippen LogP contribution in [0.15, 0.2) is 54.1 Å². The maximum absolute atomic E-state index is 2.34. The molecule has 0 atom stereocenters. The standard InChI is InChI=1S/C18H14/c1-12-10-15-6-2-4-13-8-9-14-5-3-7-16(11-12)18(14)17(13)15/h2-10H,11H2,1H3. The molecule has 1 aliphatic carbocycles. The van der Waals surface area contributed by atoms with Crippen LogP contribution in [0.25, 0.3) is 27.6 Å². The van der Waals surface area contributed by atoms with Crippen molar-refractivity contribution in [2.24, 2.45) is 0 Å². The molecule has 0 nitrogen and oxygen atoms in total. The Morgan fingerprint density at radius 3 is 2.33 bits per heavy atom. The second kappa shape index (κ2) is 3.46. The molecule has 0 heterocycles. The van der Waals surface area contributed by atoms with Crippen LogP contribution >= 0.6 is 0 Å². The molecule has 1 aliphatic rings. The first-order chi connectivity index (χ1) is 8.83. The average molecular weight is 230 g/mol. The van der Waals surface area contributed by atoms with Gasteiger partial charge >= 0.3 is 0 Å². The first-order valence-corrected chi connectivity index (χ1v) is 6.43. The van der Waals surface area contributed by atoms with Gasteiger partial charge in [0.05, 0.1) is 0 Å². The summed E-state index contributed by atoms with van der Waals surface area (Å²) in [5, 5.41) is 5.56. The highest BCUT2D eigenvalue weighted by atomic mass is 14.2. The van der Waals surface area contributed by atoms with Gasteiger partial charge in [0.15, 0.2) is 0 Å². The summed E-state index contributed by atoms with van der Waals surface area (Å²) in [5.41, 5.74) is 4.25. The van der Waals surface area contributed by atoms with Crippen molar-refractivity contribution in [2.45, 2.75) is 13.3 Å². The molecular weight excluding hydrogens is 216 g/mol. The Bertz CT molecular complexity index is 807. The van der Waals surface area contributed by atoms with E-state index in [0.29, 0.717) is 0 Å². The third kappa shape index (κ3) is 1.26. The quantitative estimate of drug-likeness (QED) is 0.479. The lowest BCUT2D eigenvalue weighted by atomic mass is 9.95. The fourth-order valence-corrected chi connectivity index (χ4v) is 3.14. The monoisotopic (exact) mass is 230 g/mol. The molecule has 0 N–H and O–H groups in total. The van der Waals surface area contributed by atoms with Crippen molar-refractivity contribution in [2.75, 3.05) is 0 Å². The Morgan fingerprint density at radius 2 is 1.50 bits per heavy atom. The highest BCUT2D eigenvalue weighted by molar-refractivity contribution is 6.13. The highest BCUT2D eigenvalue weighted by Crippen LogP contribution is 2.35. The summed E-state index contributed by atoms with van der Waals surface area (Å²) < 4.78 is 0. The van der Waals surface area contributed by atoms with E-state index >= 15 is 0 Å². The third-order valence-electron chi connectivity index (χ3n) is 3.88. The van der Waals surface area contributed by atoms with E-state index in [-0.39, 0.29) is 0 Å². The lowest BCUT2D eigenvalue weighted by Gasteiger charge is -2.09. The van der Waals surface area contributed by atoms with Crippen molar-refractivity contribution in [3.63, 3.8) is 0 Å². The predicted octanol–water partition coefficient (Wildman–Crippen LogP) is 4.95. The van der Waals surface area contributed by atoms with E-state index in [9.17, 15) is 0 Å². The zero-order valence-corrected chi connectivity index (χ0v) is 10.4. The van der Waals surface area contributed by atoms with E-state index in [0.717, 1.165) is 6.42 Å². The lowest BCUT2D eigenvalue weighted by molar-refractivity contribution is 1.18. The van der Waals surface area contributed by atoms with Gasteiger partial charge in [0, 0.05) is 0 Å². The van der Waals surface area contributed by atoms with E-state index in [1.54, 1.807) is 0 Å². The van der Waals surface area contributed by atoms with Crippen LogP contribution in [0.3, 0.4) is 0 Å². The summed E-state index contributed by atoms with van der Waals surface area (Å²) >= 11 is 0. The first kappa shape index (κ1) is 9.90. The molecule has 0 amide bonds. The second-order valence-corrected chi connectivity index (χ2v) is 5.19. The fraction of sp³-hybridized carbons (Fsp3) is 0.111. The molecule has 3 aromatic rings. The largest absolute Gasteiger partial charge is 0.0683 e. The molecule has 4 rings (SSSR count). The molecule has 18 heavy (non-hydrogen) atoms. The number of benzene rings is 3. The molecule has 0 spiro atoms. The third-order valence-corrected chi connectivity index (χ3v) is 3.88. The summed E-state index contributed by atoms with van der Waals surface area (Å²) in [6.07, 6.45) is 3.40. The molecule has 0 aromatic heterocycles. The van der Waals surface area contributed by atoms with Crippen LogP contribution in [0, 0.1) is 0 Å². The summed E-state index contributed by atoms with van der Waals surface area (Å²) in [6.45, 7) is 2.23. The Balaban J connectivity index is 2.36. The van der Waals surface area contributed by atoms with Crippen molar-refractivity contribution in [1.82, 2.24) is 0 Å². The predicted molar refractivity (Wildman–Crippen MR) is 78.8 cm³/mol. The topological polar surface area (TPSA) is 0 Å². The molecule has 0 radical (unpaired) electrons. The molecule has 0 saturated carbocycles. The van der Waals surface area contributed by atoms with E-state index in [1.165, 1.54) is 38.2 Å². The van der Waals surface area contributed by atoms with Crippen molar-refractivity contribution in [3.05, 3.63) is 65.2 Å². The molecule has 0 unspecified atom stereocenters. The van der Waals surface area contributed by atoms with Gasteiger partial charge < -0.3 is 0 Å². The Kier molecular flexibility index (Phi) is 1.90. The summed E-state index contributed by atoms with van der Waals surface area (Å²) in [7, 11) is 0. The van der Waals surface area contributed by atoms with Gasteiger partial charge in [0.1, 0.15) is 0 Å². The normalized spacial score (nSPS) is 13.9. The number of hydrogen-bond donors (Lipinski definition) is 0. The molecule has 0 aliphatic heterocycles. The SMILES string of the molecule is CC1=Cc2cccc3ccc4cccc(c4c23)C1. The van der Waals surface area contributed by atoms with E-state index < -0.39 is 0 Å². The van der Waals surface area contributed by atoms with E-state index in [4.69, 9.17) is 0 Å². The van der Waals surface area contributed by atoms with E-state index in [1.807, 2.05) is 0 Å². The summed E-state index contributed by atoms with van der Waals surface area (Å²) in [4.78, 5) is 0. The zero-order valence-electron chi connectivity index (χ0n) is 10.4. The number of rotatable bonds is 0. The minimum Gasteiger partial charge on any atom is -0.0683 e. The van der Waals surface area contributed by atoms with Crippen molar-refractivity contribution < 1.29 is 0 Å². The molecule has 86 valence electrons. The van der Waals surface area contributed by atoms with Gasteiger partial charge in [-0.15, -0.1) is 0 Å². The molecule has 0 bridgehead atoms. The molecule has 0 saturated heterocycles. The Morgan fingerprint density at radius 1 is 0.778 bits per heavy atom. The fourth-order valence-electron chi connectivity index (χ4n) is 3.14. The molecule has 0 heteroatoms. The minimum absolute atomic E-state index is 1.06. The lowest BCUT2D eigenvalue weighted by Crippen LogP contribution is -1.87. The van der Waals surface area contributed by atoms with Gasteiger partial charge in [0.25, 0.3) is 0 Å². The van der Waals surface area contributed by atoms with Crippen LogP contribution in [-0.2, 0) is 6.42 Å². The maximum atomic E-state index is 2.34. The molecule has 3 aromatic carbocycles. The zero-order chi connectivity index (χ0) is 12.1. The second-order valence-electron chi connectivity index (χ2n) is 5.19. The molecular formula is C18H14. The van der Waals surface area contributed by atoms with Gasteiger partial charge in [-0.25, -0.2) is 0 Å². The van der Waals surface area contributed by atoms with Crippen LogP contribution < -0.4 is 0 Å². The van der Waals surface area contributed by atoms with Crippen LogP contribution in [0.5, 0.6) is 0 Å². The number of allylic oxidation sites excluding steroid dienone is 1. The maximum Gasteiger partial charge on any atom is -0.00300 e. The number of hydrogen-bond acceptors (Lipinski definition) is 0. The summed E-state index contributed by atoms with van der Waals surface area (Å²) in [5.74, 6) is 0. The minimum atomic E-state index is 1.06. The van der Waals surface area contributed by atoms with Gasteiger partial charge in [-0.3, -0.25) is 0 Å².